The first-order valence-corrected chi connectivity index (χ1v) is 7.63. The lowest BCUT2D eigenvalue weighted by molar-refractivity contribution is -0.155. The minimum atomic E-state index is -0.687. The van der Waals surface area contributed by atoms with Gasteiger partial charge in [0.1, 0.15) is 12.1 Å². The van der Waals surface area contributed by atoms with Gasteiger partial charge in [-0.1, -0.05) is 11.6 Å². The van der Waals surface area contributed by atoms with Gasteiger partial charge in [-0.2, -0.15) is 0 Å². The zero-order valence-electron chi connectivity index (χ0n) is 12.3. The van der Waals surface area contributed by atoms with Gasteiger partial charge < -0.3 is 4.74 Å². The summed E-state index contributed by atoms with van der Waals surface area (Å²) in [6, 6.07) is 0. The van der Waals surface area contributed by atoms with Crippen LogP contribution in [0.3, 0.4) is 0 Å². The van der Waals surface area contributed by atoms with Gasteiger partial charge in [0, 0.05) is 5.38 Å². The van der Waals surface area contributed by atoms with Gasteiger partial charge in [0.2, 0.25) is 0 Å². The van der Waals surface area contributed by atoms with E-state index < -0.39 is 29.5 Å². The molecule has 0 aliphatic heterocycles. The molecule has 0 fully saturated rings. The molecule has 0 amide bonds. The van der Waals surface area contributed by atoms with Crippen LogP contribution in [0.25, 0.3) is 0 Å². The number of hydrogen-bond acceptors (Lipinski definition) is 6. The van der Waals surface area contributed by atoms with Crippen LogP contribution < -0.4 is 11.4 Å². The van der Waals surface area contributed by atoms with Crippen molar-refractivity contribution in [2.75, 3.05) is 0 Å². The van der Waals surface area contributed by atoms with E-state index in [1.54, 1.807) is 26.2 Å². The van der Waals surface area contributed by atoms with Crippen molar-refractivity contribution in [3.63, 3.8) is 0 Å². The van der Waals surface area contributed by atoms with Gasteiger partial charge in [0.15, 0.2) is 4.47 Å². The lowest BCUT2D eigenvalue weighted by Crippen LogP contribution is -2.35. The SMILES string of the molecule is CC(C)(C)OC(=O)Cn1c(=O)[nH]n(Cc2csc(Cl)n2)c1=O. The summed E-state index contributed by atoms with van der Waals surface area (Å²) in [6.07, 6.45) is 0. The Kier molecular flexibility index (Phi) is 4.57. The van der Waals surface area contributed by atoms with Gasteiger partial charge in [-0.15, -0.1) is 11.3 Å². The van der Waals surface area contributed by atoms with Crippen LogP contribution in [-0.4, -0.2) is 30.9 Å². The molecule has 0 unspecified atom stereocenters. The van der Waals surface area contributed by atoms with E-state index in [2.05, 4.69) is 10.1 Å². The van der Waals surface area contributed by atoms with E-state index in [4.69, 9.17) is 16.3 Å². The fourth-order valence-electron chi connectivity index (χ4n) is 1.72. The predicted octanol–water partition coefficient (Wildman–Crippen LogP) is 0.838. The second-order valence-corrected chi connectivity index (χ2v) is 6.99. The smallest absolute Gasteiger partial charge is 0.347 e. The van der Waals surface area contributed by atoms with E-state index in [1.165, 1.54) is 11.3 Å². The average Bonchev–Trinajstić information content (AvgIpc) is 2.87. The van der Waals surface area contributed by atoms with E-state index >= 15 is 0 Å². The summed E-state index contributed by atoms with van der Waals surface area (Å²) in [5, 5.41) is 4.04. The Labute approximate surface area is 134 Å². The molecule has 0 radical (unpaired) electrons. The Bertz CT molecular complexity index is 795. The maximum absolute atomic E-state index is 12.1. The Morgan fingerprint density at radius 1 is 1.45 bits per heavy atom. The number of carbonyl (C=O) groups excluding carboxylic acids is 1. The number of halogens is 1. The Hall–Kier alpha value is -1.87. The largest absolute Gasteiger partial charge is 0.459 e. The monoisotopic (exact) mass is 346 g/mol. The molecule has 0 bridgehead atoms. The minimum absolute atomic E-state index is 0.0681. The highest BCUT2D eigenvalue weighted by Gasteiger charge is 2.19. The molecule has 10 heteroatoms. The van der Waals surface area contributed by atoms with E-state index in [1.807, 2.05) is 0 Å². The topological polar surface area (TPSA) is 99.0 Å². The van der Waals surface area contributed by atoms with E-state index in [-0.39, 0.29) is 6.54 Å². The second kappa shape index (κ2) is 6.09. The number of H-pyrrole nitrogens is 1. The third kappa shape index (κ3) is 4.08. The summed E-state index contributed by atoms with van der Waals surface area (Å²) in [5.74, 6) is -0.658. The highest BCUT2D eigenvalue weighted by atomic mass is 35.5. The van der Waals surface area contributed by atoms with Crippen LogP contribution in [0.4, 0.5) is 0 Å². The summed E-state index contributed by atoms with van der Waals surface area (Å²) < 4.78 is 7.29. The molecular weight excluding hydrogens is 332 g/mol. The fourth-order valence-corrected chi connectivity index (χ4v) is 2.50. The molecule has 120 valence electrons. The molecule has 2 aromatic rings. The highest BCUT2D eigenvalue weighted by molar-refractivity contribution is 7.13. The lowest BCUT2D eigenvalue weighted by Gasteiger charge is -2.19. The molecule has 2 rings (SSSR count). The van der Waals surface area contributed by atoms with Crippen molar-refractivity contribution < 1.29 is 9.53 Å². The number of esters is 1. The molecule has 1 N–H and O–H groups in total. The van der Waals surface area contributed by atoms with Gasteiger partial charge in [-0.3, -0.25) is 4.79 Å². The number of thiazole rings is 1. The number of aromatic nitrogens is 4. The number of aromatic amines is 1. The average molecular weight is 347 g/mol. The molecule has 0 saturated heterocycles. The summed E-state index contributed by atoms with van der Waals surface area (Å²) in [4.78, 5) is 39.7. The minimum Gasteiger partial charge on any atom is -0.459 e. The summed E-state index contributed by atoms with van der Waals surface area (Å²) >= 11 is 6.94. The van der Waals surface area contributed by atoms with Crippen LogP contribution in [0.5, 0.6) is 0 Å². The van der Waals surface area contributed by atoms with Crippen molar-refractivity contribution >= 4 is 28.9 Å². The van der Waals surface area contributed by atoms with Gasteiger partial charge in [-0.25, -0.2) is 28.9 Å². The summed E-state index contributed by atoms with van der Waals surface area (Å²) in [7, 11) is 0. The molecule has 0 atom stereocenters. The number of carbonyl (C=O) groups is 1. The van der Waals surface area contributed by atoms with Crippen LogP contribution in [0.2, 0.25) is 4.47 Å². The number of hydrogen-bond donors (Lipinski definition) is 1. The summed E-state index contributed by atoms with van der Waals surface area (Å²) in [6.45, 7) is 4.73. The number of ether oxygens (including phenoxy) is 1. The zero-order valence-corrected chi connectivity index (χ0v) is 13.8. The van der Waals surface area contributed by atoms with Crippen molar-refractivity contribution in [1.29, 1.82) is 0 Å². The fraction of sp³-hybridized carbons (Fsp3) is 0.500. The highest BCUT2D eigenvalue weighted by Crippen LogP contribution is 2.15. The quantitative estimate of drug-likeness (QED) is 0.827. The molecule has 0 spiro atoms. The van der Waals surface area contributed by atoms with E-state index in [0.29, 0.717) is 10.2 Å². The number of nitrogens with zero attached hydrogens (tertiary/aromatic N) is 3. The predicted molar refractivity (Wildman–Crippen MR) is 81.4 cm³/mol. The first kappa shape index (κ1) is 16.5. The molecule has 0 saturated carbocycles. The number of rotatable bonds is 4. The van der Waals surface area contributed by atoms with Crippen molar-refractivity contribution in [1.82, 2.24) is 19.3 Å². The van der Waals surface area contributed by atoms with Crippen molar-refractivity contribution in [2.45, 2.75) is 39.5 Å². The first-order chi connectivity index (χ1) is 10.2. The zero-order chi connectivity index (χ0) is 16.5. The third-order valence-corrected chi connectivity index (χ3v) is 3.52. The molecular formula is C12H15ClN4O4S. The van der Waals surface area contributed by atoms with Gasteiger partial charge in [-0.05, 0) is 20.8 Å². The molecule has 0 aliphatic carbocycles. The molecule has 2 aromatic heterocycles. The van der Waals surface area contributed by atoms with Crippen LogP contribution in [0, 0.1) is 0 Å². The first-order valence-electron chi connectivity index (χ1n) is 6.37. The van der Waals surface area contributed by atoms with E-state index in [9.17, 15) is 14.4 Å². The van der Waals surface area contributed by atoms with Gasteiger partial charge in [0.05, 0.1) is 12.2 Å². The van der Waals surface area contributed by atoms with E-state index in [0.717, 1.165) is 9.25 Å². The Morgan fingerprint density at radius 2 is 2.14 bits per heavy atom. The standard InChI is InChI=1S/C12H15ClN4O4S/c1-12(2,3)21-8(18)5-16-10(19)15-17(11(16)20)4-7-6-22-9(13)14-7/h6H,4-5H2,1-3H3,(H,15,19). The van der Waals surface area contributed by atoms with Gasteiger partial charge in [0.25, 0.3) is 0 Å². The maximum atomic E-state index is 12.1. The summed E-state index contributed by atoms with van der Waals surface area (Å²) in [5.41, 5.74) is -1.46. The van der Waals surface area contributed by atoms with Gasteiger partial charge >= 0.3 is 17.3 Å². The molecule has 0 aromatic carbocycles. The normalized spacial score (nSPS) is 11.6. The van der Waals surface area contributed by atoms with Crippen LogP contribution >= 0.6 is 22.9 Å². The third-order valence-electron chi connectivity index (χ3n) is 2.49. The van der Waals surface area contributed by atoms with Crippen molar-refractivity contribution in [3.05, 3.63) is 36.5 Å². The van der Waals surface area contributed by atoms with Crippen LogP contribution in [-0.2, 0) is 22.6 Å². The molecule has 8 nitrogen and oxygen atoms in total. The second-order valence-electron chi connectivity index (χ2n) is 5.55. The molecule has 2 heterocycles. The Balaban J connectivity index is 2.19. The van der Waals surface area contributed by atoms with Crippen molar-refractivity contribution in [3.8, 4) is 0 Å². The number of nitrogens with one attached hydrogen (secondary N) is 1. The molecule has 0 aliphatic rings. The molecule has 22 heavy (non-hydrogen) atoms. The van der Waals surface area contributed by atoms with Crippen LogP contribution in [0.15, 0.2) is 15.0 Å². The maximum Gasteiger partial charge on any atom is 0.347 e. The van der Waals surface area contributed by atoms with Crippen molar-refractivity contribution in [2.24, 2.45) is 0 Å². The van der Waals surface area contributed by atoms with Crippen LogP contribution in [0.1, 0.15) is 26.5 Å². The Morgan fingerprint density at radius 3 is 2.68 bits per heavy atom. The lowest BCUT2D eigenvalue weighted by atomic mass is 10.2.